The third-order valence-corrected chi connectivity index (χ3v) is 2.48. The van der Waals surface area contributed by atoms with Crippen molar-refractivity contribution in [3.8, 4) is 5.75 Å². The highest BCUT2D eigenvalue weighted by Crippen LogP contribution is 2.33. The molecule has 1 N–H and O–H groups in total. The van der Waals surface area contributed by atoms with Crippen molar-refractivity contribution < 1.29 is 9.13 Å². The molecule has 2 nitrogen and oxygen atoms in total. The van der Waals surface area contributed by atoms with Gasteiger partial charge < -0.3 is 10.1 Å². The molecule has 0 aliphatic carbocycles. The van der Waals surface area contributed by atoms with Gasteiger partial charge in [0.1, 0.15) is 0 Å². The second-order valence-corrected chi connectivity index (χ2v) is 3.41. The molecule has 1 atom stereocenters. The summed E-state index contributed by atoms with van der Waals surface area (Å²) in [6, 6.07) is 5.32. The molecule has 0 bridgehead atoms. The molecule has 0 saturated heterocycles. The van der Waals surface area contributed by atoms with E-state index in [4.69, 9.17) is 4.74 Å². The lowest BCUT2D eigenvalue weighted by Crippen LogP contribution is -2.27. The molecule has 2 rings (SSSR count). The number of nitrogens with one attached hydrogen (secondary N) is 1. The minimum absolute atomic E-state index is 0.236. The largest absolute Gasteiger partial charge is 0.490 e. The van der Waals surface area contributed by atoms with Gasteiger partial charge in [-0.15, -0.1) is 0 Å². The predicted octanol–water partition coefficient (Wildman–Crippen LogP) is 2.26. The minimum atomic E-state index is -0.259. The van der Waals surface area contributed by atoms with Crippen molar-refractivity contribution in [3.05, 3.63) is 29.6 Å². The molecule has 1 aromatic rings. The van der Waals surface area contributed by atoms with Crippen LogP contribution in [0.15, 0.2) is 18.2 Å². The van der Waals surface area contributed by atoms with Crippen LogP contribution >= 0.6 is 0 Å². The Morgan fingerprint density at radius 2 is 2.43 bits per heavy atom. The number of para-hydroxylation sites is 1. The molecule has 0 spiro atoms. The first-order chi connectivity index (χ1) is 6.83. The van der Waals surface area contributed by atoms with E-state index in [0.717, 1.165) is 18.5 Å². The number of benzene rings is 1. The number of hydrogen-bond acceptors (Lipinski definition) is 2. The molecule has 3 heteroatoms. The monoisotopic (exact) mass is 195 g/mol. The molecular weight excluding hydrogens is 181 g/mol. The van der Waals surface area contributed by atoms with E-state index in [-0.39, 0.29) is 11.9 Å². The topological polar surface area (TPSA) is 21.3 Å². The SMILES string of the molecule is CCNC1CCOc2c(F)cccc21. The summed E-state index contributed by atoms with van der Waals surface area (Å²) in [5.41, 5.74) is 0.943. The van der Waals surface area contributed by atoms with Crippen molar-refractivity contribution in [2.75, 3.05) is 13.2 Å². The molecule has 0 fully saturated rings. The summed E-state index contributed by atoms with van der Waals surface area (Å²) in [6.07, 6.45) is 0.907. The summed E-state index contributed by atoms with van der Waals surface area (Å²) in [5.74, 6) is 0.162. The van der Waals surface area contributed by atoms with E-state index in [0.29, 0.717) is 12.4 Å². The van der Waals surface area contributed by atoms with Crippen LogP contribution in [0, 0.1) is 5.82 Å². The molecule has 1 aromatic carbocycles. The zero-order chi connectivity index (χ0) is 9.97. The van der Waals surface area contributed by atoms with Gasteiger partial charge in [-0.2, -0.15) is 0 Å². The maximum Gasteiger partial charge on any atom is 0.165 e. The van der Waals surface area contributed by atoms with Crippen LogP contribution in [-0.4, -0.2) is 13.2 Å². The number of halogens is 1. The zero-order valence-electron chi connectivity index (χ0n) is 8.22. The van der Waals surface area contributed by atoms with Crippen molar-refractivity contribution >= 4 is 0 Å². The van der Waals surface area contributed by atoms with Crippen molar-refractivity contribution in [3.63, 3.8) is 0 Å². The summed E-state index contributed by atoms with van der Waals surface area (Å²) in [6.45, 7) is 3.53. The van der Waals surface area contributed by atoms with E-state index in [9.17, 15) is 4.39 Å². The molecule has 0 saturated carbocycles. The predicted molar refractivity (Wildman–Crippen MR) is 52.9 cm³/mol. The second-order valence-electron chi connectivity index (χ2n) is 3.41. The normalized spacial score (nSPS) is 20.0. The van der Waals surface area contributed by atoms with Crippen molar-refractivity contribution in [2.24, 2.45) is 0 Å². The molecule has 14 heavy (non-hydrogen) atoms. The average molecular weight is 195 g/mol. The van der Waals surface area contributed by atoms with E-state index >= 15 is 0 Å². The first-order valence-electron chi connectivity index (χ1n) is 4.97. The highest BCUT2D eigenvalue weighted by Gasteiger charge is 2.22. The third-order valence-electron chi connectivity index (χ3n) is 2.48. The maximum atomic E-state index is 13.3. The first kappa shape index (κ1) is 9.46. The van der Waals surface area contributed by atoms with Crippen LogP contribution in [0.25, 0.3) is 0 Å². The Hall–Kier alpha value is -1.09. The number of fused-ring (bicyclic) bond motifs is 1. The lowest BCUT2D eigenvalue weighted by molar-refractivity contribution is 0.242. The Morgan fingerprint density at radius 3 is 3.21 bits per heavy atom. The molecule has 0 amide bonds. The lowest BCUT2D eigenvalue weighted by Gasteiger charge is -2.26. The Kier molecular flexibility index (Phi) is 2.68. The second kappa shape index (κ2) is 3.96. The van der Waals surface area contributed by atoms with Gasteiger partial charge in [0.05, 0.1) is 6.61 Å². The van der Waals surface area contributed by atoms with Gasteiger partial charge >= 0.3 is 0 Å². The fraction of sp³-hybridized carbons (Fsp3) is 0.455. The van der Waals surface area contributed by atoms with Gasteiger partial charge in [-0.3, -0.25) is 0 Å². The standard InChI is InChI=1S/C11H14FNO/c1-2-13-10-6-7-14-11-8(10)4-3-5-9(11)12/h3-5,10,13H,2,6-7H2,1H3. The van der Waals surface area contributed by atoms with Crippen LogP contribution in [0.4, 0.5) is 4.39 Å². The summed E-state index contributed by atoms with van der Waals surface area (Å²) < 4.78 is 18.6. The molecule has 1 aliphatic heterocycles. The third kappa shape index (κ3) is 1.60. The molecule has 76 valence electrons. The van der Waals surface area contributed by atoms with E-state index in [2.05, 4.69) is 12.2 Å². The van der Waals surface area contributed by atoms with Crippen LogP contribution in [0.2, 0.25) is 0 Å². The van der Waals surface area contributed by atoms with Gasteiger partial charge in [0.15, 0.2) is 11.6 Å². The molecular formula is C11H14FNO. The van der Waals surface area contributed by atoms with Gasteiger partial charge in [-0.1, -0.05) is 19.1 Å². The van der Waals surface area contributed by atoms with Crippen LogP contribution in [0.3, 0.4) is 0 Å². The number of rotatable bonds is 2. The Labute approximate surface area is 83.1 Å². The van der Waals surface area contributed by atoms with E-state index in [1.165, 1.54) is 6.07 Å². The smallest absolute Gasteiger partial charge is 0.165 e. The van der Waals surface area contributed by atoms with E-state index in [1.54, 1.807) is 6.07 Å². The van der Waals surface area contributed by atoms with Crippen molar-refractivity contribution in [1.29, 1.82) is 0 Å². The first-order valence-corrected chi connectivity index (χ1v) is 4.97. The molecule has 0 aromatic heterocycles. The summed E-state index contributed by atoms with van der Waals surface area (Å²) in [7, 11) is 0. The zero-order valence-corrected chi connectivity index (χ0v) is 8.22. The Bertz CT molecular complexity index is 327. The van der Waals surface area contributed by atoms with E-state index < -0.39 is 0 Å². The Morgan fingerprint density at radius 1 is 1.57 bits per heavy atom. The van der Waals surface area contributed by atoms with Gasteiger partial charge in [-0.05, 0) is 12.6 Å². The molecule has 1 aliphatic rings. The molecule has 0 radical (unpaired) electrons. The summed E-state index contributed by atoms with van der Waals surface area (Å²) in [4.78, 5) is 0. The van der Waals surface area contributed by atoms with Gasteiger partial charge in [0, 0.05) is 18.0 Å². The van der Waals surface area contributed by atoms with Crippen LogP contribution < -0.4 is 10.1 Å². The fourth-order valence-corrected chi connectivity index (χ4v) is 1.84. The molecule has 1 unspecified atom stereocenters. The minimum Gasteiger partial charge on any atom is -0.490 e. The molecule has 1 heterocycles. The summed E-state index contributed by atoms with van der Waals surface area (Å²) in [5, 5.41) is 3.32. The number of ether oxygens (including phenoxy) is 1. The summed E-state index contributed by atoms with van der Waals surface area (Å²) >= 11 is 0. The quantitative estimate of drug-likeness (QED) is 0.781. The van der Waals surface area contributed by atoms with Gasteiger partial charge in [-0.25, -0.2) is 4.39 Å². The highest BCUT2D eigenvalue weighted by atomic mass is 19.1. The van der Waals surface area contributed by atoms with E-state index in [1.807, 2.05) is 6.07 Å². The van der Waals surface area contributed by atoms with Crippen molar-refractivity contribution in [1.82, 2.24) is 5.32 Å². The fourth-order valence-electron chi connectivity index (χ4n) is 1.84. The van der Waals surface area contributed by atoms with Crippen LogP contribution in [0.1, 0.15) is 24.9 Å². The Balaban J connectivity index is 2.34. The number of hydrogen-bond donors (Lipinski definition) is 1. The maximum absolute atomic E-state index is 13.3. The average Bonchev–Trinajstić information content (AvgIpc) is 2.20. The van der Waals surface area contributed by atoms with Crippen LogP contribution in [-0.2, 0) is 0 Å². The van der Waals surface area contributed by atoms with Gasteiger partial charge in [0.25, 0.3) is 0 Å². The lowest BCUT2D eigenvalue weighted by atomic mass is 10.0. The van der Waals surface area contributed by atoms with Crippen molar-refractivity contribution in [2.45, 2.75) is 19.4 Å². The highest BCUT2D eigenvalue weighted by molar-refractivity contribution is 5.38. The van der Waals surface area contributed by atoms with Gasteiger partial charge in [0.2, 0.25) is 0 Å². The van der Waals surface area contributed by atoms with Crippen LogP contribution in [0.5, 0.6) is 5.75 Å².